The smallest absolute Gasteiger partial charge is 0.239 e. The van der Waals surface area contributed by atoms with Gasteiger partial charge in [0.1, 0.15) is 6.04 Å². The molecule has 1 unspecified atom stereocenters. The second kappa shape index (κ2) is 4.82. The third-order valence-electron chi connectivity index (χ3n) is 2.60. The van der Waals surface area contributed by atoms with Crippen LogP contribution in [0.1, 0.15) is 24.5 Å². The van der Waals surface area contributed by atoms with Crippen molar-refractivity contribution < 1.29 is 4.79 Å². The van der Waals surface area contributed by atoms with Crippen LogP contribution in [0.25, 0.3) is 0 Å². The van der Waals surface area contributed by atoms with Gasteiger partial charge in [0, 0.05) is 5.69 Å². The second-order valence-corrected chi connectivity index (χ2v) is 3.81. The lowest BCUT2D eigenvalue weighted by Gasteiger charge is -2.15. The third-order valence-corrected chi connectivity index (χ3v) is 2.60. The summed E-state index contributed by atoms with van der Waals surface area (Å²) in [6.45, 7) is 6.04. The van der Waals surface area contributed by atoms with Crippen LogP contribution in [0.15, 0.2) is 18.2 Å². The number of benzene rings is 1. The molecule has 15 heavy (non-hydrogen) atoms. The molecule has 3 heteroatoms. The molecule has 1 amide bonds. The van der Waals surface area contributed by atoms with Crippen LogP contribution in [-0.4, -0.2) is 11.9 Å². The van der Waals surface area contributed by atoms with Gasteiger partial charge < -0.3 is 11.1 Å². The highest BCUT2D eigenvalue weighted by molar-refractivity contribution is 5.82. The Kier molecular flexibility index (Phi) is 3.72. The number of primary amides is 1. The van der Waals surface area contributed by atoms with Crippen molar-refractivity contribution in [2.75, 3.05) is 5.32 Å². The second-order valence-electron chi connectivity index (χ2n) is 3.81. The van der Waals surface area contributed by atoms with E-state index in [9.17, 15) is 4.79 Å². The van der Waals surface area contributed by atoms with Crippen molar-refractivity contribution in [2.45, 2.75) is 33.2 Å². The van der Waals surface area contributed by atoms with Crippen molar-refractivity contribution in [3.63, 3.8) is 0 Å². The van der Waals surface area contributed by atoms with Gasteiger partial charge in [-0.15, -0.1) is 0 Å². The number of amides is 1. The van der Waals surface area contributed by atoms with Gasteiger partial charge in [-0.1, -0.05) is 13.0 Å². The molecule has 0 aliphatic carbocycles. The van der Waals surface area contributed by atoms with Crippen LogP contribution in [-0.2, 0) is 4.79 Å². The van der Waals surface area contributed by atoms with Gasteiger partial charge in [-0.2, -0.15) is 0 Å². The number of anilines is 1. The van der Waals surface area contributed by atoms with E-state index in [-0.39, 0.29) is 11.9 Å². The Morgan fingerprint density at radius 1 is 1.40 bits per heavy atom. The molecular weight excluding hydrogens is 188 g/mol. The molecule has 0 spiro atoms. The molecule has 0 heterocycles. The number of carbonyl (C=O) groups is 1. The topological polar surface area (TPSA) is 55.1 Å². The van der Waals surface area contributed by atoms with Crippen LogP contribution in [0, 0.1) is 13.8 Å². The molecule has 0 bridgehead atoms. The van der Waals surface area contributed by atoms with Crippen LogP contribution in [0.3, 0.4) is 0 Å². The fourth-order valence-electron chi connectivity index (χ4n) is 1.41. The number of nitrogens with two attached hydrogens (primary N) is 1. The Labute approximate surface area is 90.7 Å². The highest BCUT2D eigenvalue weighted by Crippen LogP contribution is 2.15. The van der Waals surface area contributed by atoms with Gasteiger partial charge in [0.15, 0.2) is 0 Å². The molecule has 0 aliphatic rings. The van der Waals surface area contributed by atoms with Crippen molar-refractivity contribution in [3.05, 3.63) is 29.3 Å². The predicted molar refractivity (Wildman–Crippen MR) is 62.8 cm³/mol. The lowest BCUT2D eigenvalue weighted by molar-refractivity contribution is -0.118. The molecule has 0 aromatic heterocycles. The van der Waals surface area contributed by atoms with Crippen molar-refractivity contribution in [1.29, 1.82) is 0 Å². The zero-order valence-corrected chi connectivity index (χ0v) is 9.50. The summed E-state index contributed by atoms with van der Waals surface area (Å²) in [5.74, 6) is -0.310. The Morgan fingerprint density at radius 3 is 2.53 bits per heavy atom. The number of nitrogens with one attached hydrogen (secondary N) is 1. The molecule has 1 atom stereocenters. The first-order valence-corrected chi connectivity index (χ1v) is 5.17. The first-order valence-electron chi connectivity index (χ1n) is 5.17. The van der Waals surface area contributed by atoms with Gasteiger partial charge >= 0.3 is 0 Å². The first kappa shape index (κ1) is 11.6. The fourth-order valence-corrected chi connectivity index (χ4v) is 1.41. The summed E-state index contributed by atoms with van der Waals surface area (Å²) in [6, 6.07) is 5.74. The molecule has 0 fully saturated rings. The summed E-state index contributed by atoms with van der Waals surface area (Å²) in [4.78, 5) is 11.0. The average Bonchev–Trinajstić information content (AvgIpc) is 2.19. The maximum absolute atomic E-state index is 11.0. The van der Waals surface area contributed by atoms with Crippen molar-refractivity contribution in [3.8, 4) is 0 Å². The van der Waals surface area contributed by atoms with E-state index in [1.807, 2.05) is 32.0 Å². The molecule has 1 aromatic carbocycles. The summed E-state index contributed by atoms with van der Waals surface area (Å²) >= 11 is 0. The molecule has 1 aromatic rings. The van der Waals surface area contributed by atoms with Crippen LogP contribution in [0.5, 0.6) is 0 Å². The minimum atomic E-state index is -0.310. The highest BCUT2D eigenvalue weighted by Gasteiger charge is 2.11. The Balaban J connectivity index is 2.80. The normalized spacial score (nSPS) is 12.2. The number of aryl methyl sites for hydroxylation is 2. The van der Waals surface area contributed by atoms with Gasteiger partial charge in [0.25, 0.3) is 0 Å². The minimum absolute atomic E-state index is 0.285. The van der Waals surface area contributed by atoms with Gasteiger partial charge in [-0.05, 0) is 43.5 Å². The summed E-state index contributed by atoms with van der Waals surface area (Å²) in [7, 11) is 0. The third kappa shape index (κ3) is 2.98. The van der Waals surface area contributed by atoms with Crippen LogP contribution in [0.2, 0.25) is 0 Å². The van der Waals surface area contributed by atoms with Gasteiger partial charge in [0.05, 0.1) is 0 Å². The van der Waals surface area contributed by atoms with E-state index in [0.29, 0.717) is 6.42 Å². The van der Waals surface area contributed by atoms with Crippen LogP contribution < -0.4 is 11.1 Å². The van der Waals surface area contributed by atoms with E-state index >= 15 is 0 Å². The maximum Gasteiger partial charge on any atom is 0.239 e. The summed E-state index contributed by atoms with van der Waals surface area (Å²) in [5.41, 5.74) is 8.66. The molecule has 3 N–H and O–H groups in total. The highest BCUT2D eigenvalue weighted by atomic mass is 16.1. The summed E-state index contributed by atoms with van der Waals surface area (Å²) in [6.07, 6.45) is 0.697. The molecule has 3 nitrogen and oxygen atoms in total. The van der Waals surface area contributed by atoms with Gasteiger partial charge in [0.2, 0.25) is 5.91 Å². The van der Waals surface area contributed by atoms with Crippen molar-refractivity contribution >= 4 is 11.6 Å². The standard InChI is InChI=1S/C12H18N2O/c1-4-11(12(13)15)14-10-6-5-8(2)9(3)7-10/h5-7,11,14H,4H2,1-3H3,(H2,13,15). The SMILES string of the molecule is CCC(Nc1ccc(C)c(C)c1)C(N)=O. The monoisotopic (exact) mass is 206 g/mol. The predicted octanol–water partition coefficient (Wildman–Crippen LogP) is 1.98. The van der Waals surface area contributed by atoms with Crippen LogP contribution in [0.4, 0.5) is 5.69 Å². The van der Waals surface area contributed by atoms with Gasteiger partial charge in [-0.3, -0.25) is 4.79 Å². The lowest BCUT2D eigenvalue weighted by atomic mass is 10.1. The lowest BCUT2D eigenvalue weighted by Crippen LogP contribution is -2.34. The minimum Gasteiger partial charge on any atom is -0.374 e. The van der Waals surface area contributed by atoms with E-state index < -0.39 is 0 Å². The van der Waals surface area contributed by atoms with Crippen molar-refractivity contribution in [2.24, 2.45) is 5.73 Å². The van der Waals surface area contributed by atoms with E-state index in [0.717, 1.165) is 5.69 Å². The molecule has 82 valence electrons. The molecule has 0 saturated heterocycles. The molecule has 1 rings (SSSR count). The number of hydrogen-bond acceptors (Lipinski definition) is 2. The first-order chi connectivity index (χ1) is 7.04. The van der Waals surface area contributed by atoms with E-state index in [1.54, 1.807) is 0 Å². The van der Waals surface area contributed by atoms with Gasteiger partial charge in [-0.25, -0.2) is 0 Å². The average molecular weight is 206 g/mol. The molecule has 0 aliphatic heterocycles. The Bertz CT molecular complexity index is 361. The zero-order valence-electron chi connectivity index (χ0n) is 9.50. The van der Waals surface area contributed by atoms with E-state index in [2.05, 4.69) is 12.2 Å². The van der Waals surface area contributed by atoms with Crippen LogP contribution >= 0.6 is 0 Å². The van der Waals surface area contributed by atoms with E-state index in [4.69, 9.17) is 5.73 Å². The fraction of sp³-hybridized carbons (Fsp3) is 0.417. The zero-order chi connectivity index (χ0) is 11.4. The van der Waals surface area contributed by atoms with E-state index in [1.165, 1.54) is 11.1 Å². The summed E-state index contributed by atoms with van der Waals surface area (Å²) < 4.78 is 0. The molecule has 0 radical (unpaired) electrons. The maximum atomic E-state index is 11.0. The summed E-state index contributed by atoms with van der Waals surface area (Å²) in [5, 5.41) is 3.12. The Hall–Kier alpha value is -1.51. The molecular formula is C12H18N2O. The quantitative estimate of drug-likeness (QED) is 0.791. The largest absolute Gasteiger partial charge is 0.374 e. The number of hydrogen-bond donors (Lipinski definition) is 2. The number of rotatable bonds is 4. The Morgan fingerprint density at radius 2 is 2.07 bits per heavy atom. The molecule has 0 saturated carbocycles. The van der Waals surface area contributed by atoms with Crippen molar-refractivity contribution in [1.82, 2.24) is 0 Å². The number of carbonyl (C=O) groups excluding carboxylic acids is 1.